The van der Waals surface area contributed by atoms with Crippen LogP contribution in [-0.4, -0.2) is 33.4 Å². The number of aromatic nitrogens is 2. The molecule has 3 aromatic rings. The van der Waals surface area contributed by atoms with Crippen LogP contribution in [0.4, 0.5) is 5.69 Å². The van der Waals surface area contributed by atoms with Crippen molar-refractivity contribution in [3.63, 3.8) is 0 Å². The predicted molar refractivity (Wildman–Crippen MR) is 128 cm³/mol. The first-order valence-corrected chi connectivity index (χ1v) is 11.8. The monoisotopic (exact) mass is 478 g/mol. The second-order valence-corrected chi connectivity index (χ2v) is 9.99. The molecule has 0 spiro atoms. The molecule has 0 radical (unpaired) electrons. The number of nitrogens with zero attached hydrogens (tertiary/aromatic N) is 3. The van der Waals surface area contributed by atoms with Gasteiger partial charge < -0.3 is 5.32 Å². The summed E-state index contributed by atoms with van der Waals surface area (Å²) in [7, 11) is 0. The smallest absolute Gasteiger partial charge is 0.263 e. The van der Waals surface area contributed by atoms with Crippen molar-refractivity contribution in [1.29, 1.82) is 0 Å². The SMILES string of the molecule is Cc1sc2nc(CN3CCCC3)n(C(C)C(=O)Nc3cc(Cl)ccc3Cl)c(=O)c2c1C. The number of carbonyl (C=O) groups is 1. The van der Waals surface area contributed by atoms with E-state index >= 15 is 0 Å². The van der Waals surface area contributed by atoms with E-state index in [1.54, 1.807) is 25.1 Å². The third-order valence-electron chi connectivity index (χ3n) is 5.82. The van der Waals surface area contributed by atoms with Crippen LogP contribution in [0, 0.1) is 13.8 Å². The fraction of sp³-hybridized carbons (Fsp3) is 0.409. The number of thiophene rings is 1. The summed E-state index contributed by atoms with van der Waals surface area (Å²) >= 11 is 13.8. The average molecular weight is 479 g/mol. The Labute approximate surface area is 194 Å². The predicted octanol–water partition coefficient (Wildman–Crippen LogP) is 5.18. The summed E-state index contributed by atoms with van der Waals surface area (Å²) < 4.78 is 1.54. The first-order valence-electron chi connectivity index (χ1n) is 10.3. The Bertz CT molecular complexity index is 1210. The normalized spacial score (nSPS) is 15.5. The number of likely N-dealkylation sites (tertiary alicyclic amines) is 1. The highest BCUT2D eigenvalue weighted by molar-refractivity contribution is 7.18. The Morgan fingerprint density at radius 3 is 2.68 bits per heavy atom. The molecular formula is C22H24Cl2N4O2S. The molecule has 9 heteroatoms. The van der Waals surface area contributed by atoms with Crippen molar-refractivity contribution in [2.45, 2.75) is 46.2 Å². The summed E-state index contributed by atoms with van der Waals surface area (Å²) in [5.74, 6) is 0.264. The van der Waals surface area contributed by atoms with E-state index in [4.69, 9.17) is 28.2 Å². The van der Waals surface area contributed by atoms with E-state index in [1.165, 1.54) is 15.9 Å². The van der Waals surface area contributed by atoms with Crippen molar-refractivity contribution >= 4 is 56.3 Å². The fourth-order valence-corrected chi connectivity index (χ4v) is 5.32. The van der Waals surface area contributed by atoms with Crippen molar-refractivity contribution in [3.05, 3.63) is 54.9 Å². The summed E-state index contributed by atoms with van der Waals surface area (Å²) in [5.41, 5.74) is 1.15. The third kappa shape index (κ3) is 4.37. The van der Waals surface area contributed by atoms with Gasteiger partial charge >= 0.3 is 0 Å². The zero-order valence-electron chi connectivity index (χ0n) is 17.7. The molecule has 1 fully saturated rings. The highest BCUT2D eigenvalue weighted by Gasteiger charge is 2.26. The molecule has 1 amide bonds. The molecule has 0 aliphatic carbocycles. The number of anilines is 1. The molecule has 1 aliphatic heterocycles. The summed E-state index contributed by atoms with van der Waals surface area (Å²) in [5, 5.41) is 4.25. The van der Waals surface area contributed by atoms with Crippen LogP contribution in [0.5, 0.6) is 0 Å². The highest BCUT2D eigenvalue weighted by atomic mass is 35.5. The number of hydrogen-bond donors (Lipinski definition) is 1. The molecule has 0 bridgehead atoms. The lowest BCUT2D eigenvalue weighted by Crippen LogP contribution is -2.36. The number of halogens is 2. The van der Waals surface area contributed by atoms with Gasteiger partial charge in [-0.25, -0.2) is 4.98 Å². The average Bonchev–Trinajstić information content (AvgIpc) is 3.32. The van der Waals surface area contributed by atoms with Gasteiger partial charge in [0.2, 0.25) is 5.91 Å². The molecule has 1 unspecified atom stereocenters. The number of amides is 1. The summed E-state index contributed by atoms with van der Waals surface area (Å²) in [6.07, 6.45) is 2.26. The molecule has 1 N–H and O–H groups in total. The summed E-state index contributed by atoms with van der Waals surface area (Å²) in [4.78, 5) is 35.6. The maximum Gasteiger partial charge on any atom is 0.263 e. The van der Waals surface area contributed by atoms with Gasteiger partial charge in [0.05, 0.1) is 22.6 Å². The Kier molecular flexibility index (Phi) is 6.40. The molecule has 4 rings (SSSR count). The van der Waals surface area contributed by atoms with Crippen LogP contribution in [0.15, 0.2) is 23.0 Å². The van der Waals surface area contributed by atoms with Gasteiger partial charge in [-0.15, -0.1) is 11.3 Å². The third-order valence-corrected chi connectivity index (χ3v) is 7.49. The summed E-state index contributed by atoms with van der Waals surface area (Å²) in [6, 6.07) is 4.11. The molecule has 31 heavy (non-hydrogen) atoms. The molecule has 1 aromatic carbocycles. The minimum Gasteiger partial charge on any atom is -0.323 e. The van der Waals surface area contributed by atoms with Crippen molar-refractivity contribution in [2.24, 2.45) is 0 Å². The van der Waals surface area contributed by atoms with Gasteiger partial charge in [0.25, 0.3) is 5.56 Å². The van der Waals surface area contributed by atoms with Crippen molar-refractivity contribution in [2.75, 3.05) is 18.4 Å². The maximum absolute atomic E-state index is 13.6. The number of hydrogen-bond acceptors (Lipinski definition) is 5. The summed E-state index contributed by atoms with van der Waals surface area (Å²) in [6.45, 7) is 8.10. The zero-order valence-corrected chi connectivity index (χ0v) is 20.0. The molecule has 1 atom stereocenters. The van der Waals surface area contributed by atoms with Crippen LogP contribution >= 0.6 is 34.5 Å². The topological polar surface area (TPSA) is 67.2 Å². The van der Waals surface area contributed by atoms with Crippen molar-refractivity contribution < 1.29 is 4.79 Å². The zero-order chi connectivity index (χ0) is 22.3. The van der Waals surface area contributed by atoms with Gasteiger partial charge in [-0.3, -0.25) is 19.1 Å². The minimum absolute atomic E-state index is 0.180. The molecule has 1 saturated heterocycles. The molecule has 3 heterocycles. The highest BCUT2D eigenvalue weighted by Crippen LogP contribution is 2.29. The number of aryl methyl sites for hydroxylation is 2. The molecule has 0 saturated carbocycles. The lowest BCUT2D eigenvalue weighted by Gasteiger charge is -2.22. The number of fused-ring (bicyclic) bond motifs is 1. The van der Waals surface area contributed by atoms with E-state index in [9.17, 15) is 9.59 Å². The van der Waals surface area contributed by atoms with Gasteiger partial charge in [0.1, 0.15) is 16.7 Å². The number of benzene rings is 1. The lowest BCUT2D eigenvalue weighted by atomic mass is 10.2. The second kappa shape index (κ2) is 8.90. The van der Waals surface area contributed by atoms with Crippen LogP contribution in [-0.2, 0) is 11.3 Å². The van der Waals surface area contributed by atoms with Gasteiger partial charge in [-0.05, 0) is 70.5 Å². The van der Waals surface area contributed by atoms with E-state index in [0.717, 1.165) is 41.2 Å². The Balaban J connectivity index is 1.76. The molecule has 2 aromatic heterocycles. The van der Waals surface area contributed by atoms with E-state index in [0.29, 0.717) is 33.5 Å². The van der Waals surface area contributed by atoms with Crippen molar-refractivity contribution in [3.8, 4) is 0 Å². The maximum atomic E-state index is 13.6. The van der Waals surface area contributed by atoms with Crippen LogP contribution < -0.4 is 10.9 Å². The first-order chi connectivity index (χ1) is 14.8. The standard InChI is InChI=1S/C22H24Cl2N4O2S/c1-12-14(3)31-21-19(12)22(30)28(18(26-21)11-27-8-4-5-9-27)13(2)20(29)25-17-10-15(23)6-7-16(17)24/h6-7,10,13H,4-5,8-9,11H2,1-3H3,(H,25,29). The van der Waals surface area contributed by atoms with Gasteiger partial charge in [-0.1, -0.05) is 23.2 Å². The Hall–Kier alpha value is -1.93. The van der Waals surface area contributed by atoms with Crippen LogP contribution in [0.2, 0.25) is 10.0 Å². The largest absolute Gasteiger partial charge is 0.323 e. The lowest BCUT2D eigenvalue weighted by molar-refractivity contribution is -0.119. The van der Waals surface area contributed by atoms with Crippen LogP contribution in [0.3, 0.4) is 0 Å². The molecule has 6 nitrogen and oxygen atoms in total. The number of nitrogens with one attached hydrogen (secondary N) is 1. The minimum atomic E-state index is -0.767. The molecule has 1 aliphatic rings. The first kappa shape index (κ1) is 22.3. The van der Waals surface area contributed by atoms with Gasteiger partial charge in [0, 0.05) is 9.90 Å². The number of carbonyl (C=O) groups excluding carboxylic acids is 1. The van der Waals surface area contributed by atoms with E-state index < -0.39 is 6.04 Å². The number of rotatable bonds is 5. The second-order valence-electron chi connectivity index (χ2n) is 7.94. The van der Waals surface area contributed by atoms with Crippen LogP contribution in [0.25, 0.3) is 10.2 Å². The van der Waals surface area contributed by atoms with Crippen LogP contribution in [0.1, 0.15) is 42.1 Å². The molecular weight excluding hydrogens is 455 g/mol. The van der Waals surface area contributed by atoms with E-state index in [2.05, 4.69) is 10.2 Å². The van der Waals surface area contributed by atoms with Gasteiger partial charge in [0.15, 0.2) is 0 Å². The Morgan fingerprint density at radius 2 is 1.97 bits per heavy atom. The quantitative estimate of drug-likeness (QED) is 0.548. The fourth-order valence-electron chi connectivity index (χ4n) is 3.95. The molecule has 164 valence electrons. The van der Waals surface area contributed by atoms with E-state index in [-0.39, 0.29) is 11.5 Å². The van der Waals surface area contributed by atoms with Gasteiger partial charge in [-0.2, -0.15) is 0 Å². The van der Waals surface area contributed by atoms with E-state index in [1.807, 2.05) is 13.8 Å². The van der Waals surface area contributed by atoms with Crippen molar-refractivity contribution in [1.82, 2.24) is 14.5 Å². The Morgan fingerprint density at radius 1 is 1.26 bits per heavy atom.